The Morgan fingerprint density at radius 1 is 1.13 bits per heavy atom. The van der Waals surface area contributed by atoms with Crippen LogP contribution in [0.2, 0.25) is 0 Å². The summed E-state index contributed by atoms with van der Waals surface area (Å²) >= 11 is 1.70. The summed E-state index contributed by atoms with van der Waals surface area (Å²) in [5.74, 6) is -1.10. The molecule has 0 radical (unpaired) electrons. The molecular weight excluding hydrogens is 504 g/mol. The molecule has 38 heavy (non-hydrogen) atoms. The van der Waals surface area contributed by atoms with Crippen LogP contribution in [0.1, 0.15) is 32.6 Å². The molecule has 2 bridgehead atoms. The summed E-state index contributed by atoms with van der Waals surface area (Å²) < 4.78 is 4.85. The van der Waals surface area contributed by atoms with E-state index in [2.05, 4.69) is 18.1 Å². The number of thioether (sulfide) groups is 1. The lowest BCUT2D eigenvalue weighted by Crippen LogP contribution is -2.56. The molecule has 0 aliphatic carbocycles. The van der Waals surface area contributed by atoms with Gasteiger partial charge in [-0.15, -0.1) is 24.9 Å². The highest BCUT2D eigenvalue weighted by Gasteiger charge is 2.73. The van der Waals surface area contributed by atoms with Gasteiger partial charge < -0.3 is 24.5 Å². The number of fused-ring (bicyclic) bond motifs is 1. The molecule has 4 saturated heterocycles. The second kappa shape index (κ2) is 13.0. The summed E-state index contributed by atoms with van der Waals surface area (Å²) in [6.45, 7) is 15.8. The van der Waals surface area contributed by atoms with Crippen molar-refractivity contribution in [3.8, 4) is 0 Å². The van der Waals surface area contributed by atoms with Gasteiger partial charge in [-0.1, -0.05) is 19.1 Å². The van der Waals surface area contributed by atoms with E-state index in [-0.39, 0.29) is 29.6 Å². The fourth-order valence-electron chi connectivity index (χ4n) is 6.83. The van der Waals surface area contributed by atoms with Crippen molar-refractivity contribution in [2.45, 2.75) is 48.6 Å². The predicted octanol–water partition coefficient (Wildman–Crippen LogP) is 1.23. The minimum absolute atomic E-state index is 0.00893. The van der Waals surface area contributed by atoms with E-state index in [1.54, 1.807) is 28.8 Å². The fourth-order valence-corrected chi connectivity index (χ4v) is 9.04. The first kappa shape index (κ1) is 29.1. The summed E-state index contributed by atoms with van der Waals surface area (Å²) in [4.78, 5) is 49.9. The van der Waals surface area contributed by atoms with Crippen molar-refractivity contribution in [1.82, 2.24) is 19.6 Å². The van der Waals surface area contributed by atoms with Crippen molar-refractivity contribution in [1.29, 1.82) is 0 Å². The Hall–Kier alpha value is -1.88. The highest BCUT2D eigenvalue weighted by atomic mass is 32.2. The van der Waals surface area contributed by atoms with Crippen LogP contribution in [0.3, 0.4) is 0 Å². The van der Waals surface area contributed by atoms with Gasteiger partial charge in [0.25, 0.3) is 0 Å². The minimum atomic E-state index is -0.636. The lowest BCUT2D eigenvalue weighted by Gasteiger charge is -2.38. The average molecular weight is 549 g/mol. The molecule has 1 spiro atoms. The Labute approximate surface area is 231 Å². The number of hydrogen-bond acceptors (Lipinski definition) is 7. The van der Waals surface area contributed by atoms with Crippen molar-refractivity contribution in [3.05, 3.63) is 25.3 Å². The van der Waals surface area contributed by atoms with Crippen LogP contribution in [0.15, 0.2) is 25.3 Å². The summed E-state index contributed by atoms with van der Waals surface area (Å²) in [5.41, 5.74) is 0. The quantitative estimate of drug-likeness (QED) is 0.327. The van der Waals surface area contributed by atoms with Gasteiger partial charge in [0.15, 0.2) is 0 Å². The Bertz CT molecular complexity index is 896. The van der Waals surface area contributed by atoms with Gasteiger partial charge in [0.05, 0.1) is 29.8 Å². The molecule has 4 heterocycles. The largest absolute Gasteiger partial charge is 0.396 e. The number of likely N-dealkylation sites (tertiary alicyclic amines) is 1. The van der Waals surface area contributed by atoms with E-state index < -0.39 is 22.6 Å². The van der Waals surface area contributed by atoms with Crippen LogP contribution in [0.25, 0.3) is 0 Å². The second-order valence-electron chi connectivity index (χ2n) is 10.8. The molecule has 5 atom stereocenters. The maximum Gasteiger partial charge on any atom is 0.247 e. The first-order chi connectivity index (χ1) is 18.4. The number of ether oxygens (including phenoxy) is 1. The number of aliphatic hydroxyl groups excluding tert-OH is 1. The van der Waals surface area contributed by atoms with E-state index in [1.807, 2.05) is 16.7 Å². The van der Waals surface area contributed by atoms with Gasteiger partial charge in [0.1, 0.15) is 6.04 Å². The Morgan fingerprint density at radius 3 is 2.45 bits per heavy atom. The van der Waals surface area contributed by atoms with E-state index in [1.165, 1.54) is 0 Å². The van der Waals surface area contributed by atoms with Gasteiger partial charge in [-0.25, -0.2) is 0 Å². The van der Waals surface area contributed by atoms with E-state index in [4.69, 9.17) is 4.74 Å². The van der Waals surface area contributed by atoms with Crippen LogP contribution in [-0.2, 0) is 19.1 Å². The fraction of sp³-hybridized carbons (Fsp3) is 0.750. The van der Waals surface area contributed by atoms with Crippen molar-refractivity contribution < 1.29 is 24.2 Å². The highest BCUT2D eigenvalue weighted by Crippen LogP contribution is 2.66. The summed E-state index contributed by atoms with van der Waals surface area (Å²) in [6.07, 6.45) is 6.28. The third-order valence-corrected chi connectivity index (χ3v) is 10.4. The lowest BCUT2D eigenvalue weighted by molar-refractivity contribution is -0.144. The zero-order valence-electron chi connectivity index (χ0n) is 22.8. The Kier molecular flexibility index (Phi) is 9.95. The van der Waals surface area contributed by atoms with Gasteiger partial charge in [-0.2, -0.15) is 0 Å². The van der Waals surface area contributed by atoms with Crippen molar-refractivity contribution in [2.75, 3.05) is 72.2 Å². The minimum Gasteiger partial charge on any atom is -0.396 e. The van der Waals surface area contributed by atoms with Crippen molar-refractivity contribution >= 4 is 29.5 Å². The van der Waals surface area contributed by atoms with Crippen LogP contribution in [0.5, 0.6) is 0 Å². The van der Waals surface area contributed by atoms with Crippen LogP contribution in [0.4, 0.5) is 0 Å². The average Bonchev–Trinajstić information content (AvgIpc) is 3.57. The number of carbonyl (C=O) groups is 3. The topological polar surface area (TPSA) is 93.6 Å². The highest BCUT2D eigenvalue weighted by molar-refractivity contribution is 8.02. The Morgan fingerprint density at radius 2 is 1.82 bits per heavy atom. The zero-order valence-corrected chi connectivity index (χ0v) is 23.6. The molecule has 4 rings (SSSR count). The number of amides is 3. The van der Waals surface area contributed by atoms with Gasteiger partial charge in [0.2, 0.25) is 17.7 Å². The van der Waals surface area contributed by atoms with Crippen molar-refractivity contribution in [3.63, 3.8) is 0 Å². The molecule has 4 aliphatic rings. The van der Waals surface area contributed by atoms with Crippen molar-refractivity contribution in [2.24, 2.45) is 11.8 Å². The molecule has 9 nitrogen and oxygen atoms in total. The van der Waals surface area contributed by atoms with Gasteiger partial charge in [0, 0.05) is 64.2 Å². The smallest absolute Gasteiger partial charge is 0.247 e. The number of carbonyl (C=O) groups excluding carboxylic acids is 3. The monoisotopic (exact) mass is 548 g/mol. The first-order valence-corrected chi connectivity index (χ1v) is 15.0. The summed E-state index contributed by atoms with van der Waals surface area (Å²) in [7, 11) is 0. The van der Waals surface area contributed by atoms with E-state index in [0.717, 1.165) is 38.9 Å². The third kappa shape index (κ3) is 5.42. The van der Waals surface area contributed by atoms with E-state index in [9.17, 15) is 19.5 Å². The molecule has 212 valence electrons. The van der Waals surface area contributed by atoms with Gasteiger partial charge in [-0.05, 0) is 25.7 Å². The number of aliphatic hydroxyl groups is 1. The molecule has 0 aromatic rings. The lowest BCUT2D eigenvalue weighted by atomic mass is 9.70. The van der Waals surface area contributed by atoms with Crippen LogP contribution >= 0.6 is 11.8 Å². The Balaban J connectivity index is 1.62. The maximum atomic E-state index is 14.3. The number of hydrogen-bond donors (Lipinski definition) is 1. The molecule has 3 amide bonds. The number of nitrogens with zero attached hydrogens (tertiary/aromatic N) is 4. The predicted molar refractivity (Wildman–Crippen MR) is 149 cm³/mol. The van der Waals surface area contributed by atoms with E-state index in [0.29, 0.717) is 52.4 Å². The van der Waals surface area contributed by atoms with Gasteiger partial charge in [-0.3, -0.25) is 19.3 Å². The first-order valence-electron chi connectivity index (χ1n) is 14.1. The number of morpholine rings is 1. The summed E-state index contributed by atoms with van der Waals surface area (Å²) in [6, 6.07) is -0.636. The molecule has 0 aromatic carbocycles. The number of rotatable bonds is 14. The molecule has 4 aliphatic heterocycles. The van der Waals surface area contributed by atoms with Crippen LogP contribution in [0, 0.1) is 11.8 Å². The molecule has 2 unspecified atom stereocenters. The van der Waals surface area contributed by atoms with E-state index >= 15 is 0 Å². The standard InChI is InChI=1S/C28H44N4O5S/c1-4-10-30(11-5-2)25(34)22-21-8-9-28(38-21)23(22)26(35)32(13-7-18-33)24(28)27(36)31(12-6-3)15-14-29-16-19-37-20-17-29/h4,6,21-24,33H,1,3,5,7-20H2,2H3/t21-,22+,23-,24?,28?/m0/s1. The molecule has 0 aromatic heterocycles. The maximum absolute atomic E-state index is 14.3. The molecule has 1 N–H and O–H groups in total. The third-order valence-electron chi connectivity index (χ3n) is 8.48. The summed E-state index contributed by atoms with van der Waals surface area (Å²) in [5, 5.41) is 9.62. The van der Waals surface area contributed by atoms with Crippen LogP contribution in [-0.4, -0.2) is 131 Å². The molecule has 10 heteroatoms. The van der Waals surface area contributed by atoms with Gasteiger partial charge >= 0.3 is 0 Å². The molecular formula is C28H44N4O5S. The van der Waals surface area contributed by atoms with Crippen LogP contribution < -0.4 is 0 Å². The molecule has 4 fully saturated rings. The SMILES string of the molecule is C=CCN(CCN1CCOCC1)C(=O)C1N(CCCO)C(=O)[C@@H]2[C@H](C(=O)N(CC=C)CCC)[C@@H]3CCC12S3. The molecule has 0 saturated carbocycles. The second-order valence-corrected chi connectivity index (χ2v) is 12.4. The normalized spacial score (nSPS) is 30.4. The zero-order chi connectivity index (χ0) is 27.3.